The molecule has 3 aromatic rings. The summed E-state index contributed by atoms with van der Waals surface area (Å²) < 4.78 is 14.9. The fraction of sp³-hybridized carbons (Fsp3) is 0.300. The molecule has 1 amide bonds. The lowest BCUT2D eigenvalue weighted by atomic mass is 9.85. The van der Waals surface area contributed by atoms with Crippen molar-refractivity contribution >= 4 is 45.6 Å². The lowest BCUT2D eigenvalue weighted by molar-refractivity contribution is -0.120. The molecule has 0 saturated heterocycles. The van der Waals surface area contributed by atoms with Crippen LogP contribution in [0.25, 0.3) is 20.8 Å². The van der Waals surface area contributed by atoms with Gasteiger partial charge in [0.05, 0.1) is 15.9 Å². The molecule has 1 aromatic heterocycles. The highest BCUT2D eigenvalue weighted by Gasteiger charge is 2.26. The standard InChI is InChI=1S/C20H20FN3OS.ClH/c21-13-8-9-16(23-19(25)12-4-3-5-14(22)10-12)15(11-13)20-24-17-6-1-2-7-18(17)26-20;/h1-2,6-9,11-12,14H,3-5,10,22H2,(H,23,25);1H. The molecule has 0 bridgehead atoms. The van der Waals surface area contributed by atoms with Crippen LogP contribution in [0.5, 0.6) is 0 Å². The molecule has 0 aliphatic heterocycles. The molecule has 3 N–H and O–H groups in total. The summed E-state index contributed by atoms with van der Waals surface area (Å²) in [5.74, 6) is -0.488. The Morgan fingerprint density at radius 3 is 2.81 bits per heavy atom. The van der Waals surface area contributed by atoms with Gasteiger partial charge in [0, 0.05) is 17.5 Å². The van der Waals surface area contributed by atoms with Crippen molar-refractivity contribution in [3.8, 4) is 10.6 Å². The number of aromatic nitrogens is 1. The van der Waals surface area contributed by atoms with Crippen molar-refractivity contribution in [1.29, 1.82) is 0 Å². The number of hydrogen-bond donors (Lipinski definition) is 2. The molecule has 7 heteroatoms. The van der Waals surface area contributed by atoms with Gasteiger partial charge in [-0.25, -0.2) is 9.37 Å². The summed E-state index contributed by atoms with van der Waals surface area (Å²) in [5, 5.41) is 3.67. The molecule has 2 aromatic carbocycles. The zero-order valence-electron chi connectivity index (χ0n) is 14.7. The topological polar surface area (TPSA) is 68.0 Å². The van der Waals surface area contributed by atoms with E-state index >= 15 is 0 Å². The largest absolute Gasteiger partial charge is 0.328 e. The van der Waals surface area contributed by atoms with Crippen LogP contribution in [0.4, 0.5) is 10.1 Å². The summed E-state index contributed by atoms with van der Waals surface area (Å²) in [7, 11) is 0. The maximum absolute atomic E-state index is 13.9. The third-order valence-electron chi connectivity index (χ3n) is 4.85. The van der Waals surface area contributed by atoms with Gasteiger partial charge in [-0.15, -0.1) is 23.7 Å². The van der Waals surface area contributed by atoms with E-state index in [0.717, 1.165) is 29.5 Å². The predicted molar refractivity (Wildman–Crippen MR) is 111 cm³/mol. The molecule has 1 saturated carbocycles. The van der Waals surface area contributed by atoms with Gasteiger partial charge in [-0.2, -0.15) is 0 Å². The Labute approximate surface area is 167 Å². The highest BCUT2D eigenvalue weighted by atomic mass is 35.5. The normalized spacial score (nSPS) is 19.5. The second-order valence-corrected chi connectivity index (χ2v) is 7.82. The minimum absolute atomic E-state index is 0. The SMILES string of the molecule is Cl.NC1CCCC(C(=O)Nc2ccc(F)cc2-c2nc3ccccc3s2)C1. The van der Waals surface area contributed by atoms with E-state index in [1.54, 1.807) is 6.07 Å². The Morgan fingerprint density at radius 2 is 2.04 bits per heavy atom. The third kappa shape index (κ3) is 4.29. The zero-order valence-corrected chi connectivity index (χ0v) is 16.3. The average Bonchev–Trinajstić information content (AvgIpc) is 3.07. The number of fused-ring (bicyclic) bond motifs is 1. The van der Waals surface area contributed by atoms with Gasteiger partial charge >= 0.3 is 0 Å². The van der Waals surface area contributed by atoms with E-state index in [4.69, 9.17) is 5.73 Å². The molecule has 1 fully saturated rings. The average molecular weight is 406 g/mol. The summed E-state index contributed by atoms with van der Waals surface area (Å²) in [6.07, 6.45) is 3.48. The molecule has 142 valence electrons. The molecular weight excluding hydrogens is 385 g/mol. The zero-order chi connectivity index (χ0) is 18.1. The van der Waals surface area contributed by atoms with Crippen LogP contribution in [0.1, 0.15) is 25.7 Å². The Balaban J connectivity index is 0.00000210. The van der Waals surface area contributed by atoms with Crippen molar-refractivity contribution in [2.45, 2.75) is 31.7 Å². The number of nitrogens with one attached hydrogen (secondary N) is 1. The number of nitrogens with zero attached hydrogens (tertiary/aromatic N) is 1. The van der Waals surface area contributed by atoms with Gasteiger partial charge in [-0.05, 0) is 49.6 Å². The van der Waals surface area contributed by atoms with Crippen LogP contribution in [0.15, 0.2) is 42.5 Å². The quantitative estimate of drug-likeness (QED) is 0.645. The van der Waals surface area contributed by atoms with Gasteiger partial charge in [-0.1, -0.05) is 18.6 Å². The highest BCUT2D eigenvalue weighted by molar-refractivity contribution is 7.21. The number of carbonyl (C=O) groups is 1. The van der Waals surface area contributed by atoms with Gasteiger partial charge in [0.15, 0.2) is 0 Å². The molecule has 2 unspecified atom stereocenters. The van der Waals surface area contributed by atoms with Crippen LogP contribution in [-0.2, 0) is 4.79 Å². The van der Waals surface area contributed by atoms with Crippen molar-refractivity contribution in [2.24, 2.45) is 11.7 Å². The number of para-hydroxylation sites is 1. The van der Waals surface area contributed by atoms with E-state index in [1.807, 2.05) is 24.3 Å². The van der Waals surface area contributed by atoms with E-state index in [1.165, 1.54) is 23.5 Å². The summed E-state index contributed by atoms with van der Waals surface area (Å²) in [6, 6.07) is 12.3. The predicted octanol–water partition coefficient (Wildman–Crippen LogP) is 4.98. The molecule has 1 heterocycles. The summed E-state index contributed by atoms with van der Waals surface area (Å²) in [6.45, 7) is 0. The second-order valence-electron chi connectivity index (χ2n) is 6.79. The third-order valence-corrected chi connectivity index (χ3v) is 5.92. The van der Waals surface area contributed by atoms with Crippen LogP contribution < -0.4 is 11.1 Å². The smallest absolute Gasteiger partial charge is 0.227 e. The Hall–Kier alpha value is -2.02. The van der Waals surface area contributed by atoms with Gasteiger partial charge in [0.1, 0.15) is 10.8 Å². The maximum Gasteiger partial charge on any atom is 0.227 e. The number of benzene rings is 2. The van der Waals surface area contributed by atoms with Crippen LogP contribution in [-0.4, -0.2) is 16.9 Å². The first-order valence-corrected chi connectivity index (χ1v) is 9.64. The lowest BCUT2D eigenvalue weighted by Crippen LogP contribution is -2.34. The second kappa shape index (κ2) is 8.33. The van der Waals surface area contributed by atoms with Crippen LogP contribution in [0.3, 0.4) is 0 Å². The number of halogens is 2. The highest BCUT2D eigenvalue weighted by Crippen LogP contribution is 2.35. The van der Waals surface area contributed by atoms with Crippen molar-refractivity contribution in [2.75, 3.05) is 5.32 Å². The minimum Gasteiger partial charge on any atom is -0.328 e. The summed E-state index contributed by atoms with van der Waals surface area (Å²) in [5.41, 5.74) is 8.07. The van der Waals surface area contributed by atoms with E-state index in [9.17, 15) is 9.18 Å². The number of carbonyl (C=O) groups excluding carboxylic acids is 1. The molecule has 27 heavy (non-hydrogen) atoms. The van der Waals surface area contributed by atoms with E-state index in [0.29, 0.717) is 22.7 Å². The molecule has 4 nitrogen and oxygen atoms in total. The van der Waals surface area contributed by atoms with Crippen molar-refractivity contribution in [3.05, 3.63) is 48.3 Å². The van der Waals surface area contributed by atoms with E-state index < -0.39 is 0 Å². The molecule has 2 atom stereocenters. The molecule has 0 radical (unpaired) electrons. The number of hydrogen-bond acceptors (Lipinski definition) is 4. The van der Waals surface area contributed by atoms with Crippen LogP contribution in [0.2, 0.25) is 0 Å². The Kier molecular flexibility index (Phi) is 6.09. The van der Waals surface area contributed by atoms with Gasteiger partial charge in [0.2, 0.25) is 5.91 Å². The van der Waals surface area contributed by atoms with Gasteiger partial charge < -0.3 is 11.1 Å². The van der Waals surface area contributed by atoms with Gasteiger partial charge in [-0.3, -0.25) is 4.79 Å². The number of anilines is 1. The summed E-state index contributed by atoms with van der Waals surface area (Å²) >= 11 is 1.49. The molecule has 4 rings (SSSR count). The lowest BCUT2D eigenvalue weighted by Gasteiger charge is -2.26. The van der Waals surface area contributed by atoms with E-state index in [-0.39, 0.29) is 36.1 Å². The molecule has 0 spiro atoms. The van der Waals surface area contributed by atoms with E-state index in [2.05, 4.69) is 10.3 Å². The van der Waals surface area contributed by atoms with Crippen molar-refractivity contribution < 1.29 is 9.18 Å². The van der Waals surface area contributed by atoms with Gasteiger partial charge in [0.25, 0.3) is 0 Å². The number of thiazole rings is 1. The first-order chi connectivity index (χ1) is 12.6. The number of amides is 1. The maximum atomic E-state index is 13.9. The minimum atomic E-state index is -0.350. The fourth-order valence-corrected chi connectivity index (χ4v) is 4.49. The first-order valence-electron chi connectivity index (χ1n) is 8.82. The first kappa shape index (κ1) is 19.7. The number of rotatable bonds is 3. The monoisotopic (exact) mass is 405 g/mol. The molecule has 1 aliphatic rings. The Bertz CT molecular complexity index is 928. The van der Waals surface area contributed by atoms with Crippen LogP contribution >= 0.6 is 23.7 Å². The van der Waals surface area contributed by atoms with Crippen molar-refractivity contribution in [3.63, 3.8) is 0 Å². The van der Waals surface area contributed by atoms with Crippen molar-refractivity contribution in [1.82, 2.24) is 4.98 Å². The molecular formula is C20H21ClFN3OS. The molecule has 1 aliphatic carbocycles. The summed E-state index contributed by atoms with van der Waals surface area (Å²) in [4.78, 5) is 17.3. The van der Waals surface area contributed by atoms with Crippen LogP contribution in [0, 0.1) is 11.7 Å². The fourth-order valence-electron chi connectivity index (χ4n) is 3.49. The number of nitrogens with two attached hydrogens (primary N) is 1. The Morgan fingerprint density at radius 1 is 1.22 bits per heavy atom.